The van der Waals surface area contributed by atoms with E-state index in [4.69, 9.17) is 11.6 Å². The molecule has 0 unspecified atom stereocenters. The first kappa shape index (κ1) is 16.2. The van der Waals surface area contributed by atoms with Crippen molar-refractivity contribution in [3.8, 4) is 11.1 Å². The van der Waals surface area contributed by atoms with E-state index < -0.39 is 5.97 Å². The second kappa shape index (κ2) is 5.89. The van der Waals surface area contributed by atoms with Crippen LogP contribution in [0, 0.1) is 0 Å². The summed E-state index contributed by atoms with van der Waals surface area (Å²) in [7, 11) is 1.72. The number of aromatic carboxylic acids is 1. The number of nitrogens with zero attached hydrogens (tertiary/aromatic N) is 2. The minimum atomic E-state index is -1.19. The molecule has 7 nitrogen and oxygen atoms in total. The summed E-state index contributed by atoms with van der Waals surface area (Å²) in [4.78, 5) is 25.6. The molecule has 3 aromatic heterocycles. The summed E-state index contributed by atoms with van der Waals surface area (Å²) in [6.45, 7) is 0. The average molecular weight is 369 g/mol. The fraction of sp³-hybridized carbons (Fsp3) is 0.0556. The lowest BCUT2D eigenvalue weighted by molar-refractivity contribution is 0.0690. The molecule has 0 aliphatic carbocycles. The SMILES string of the molecule is CNc1ccc(-c2ccc3[nH]c(=O)ccc3c2)c2c(Cl)c(C(=O)O)nn12. The van der Waals surface area contributed by atoms with Crippen molar-refractivity contribution in [2.75, 3.05) is 12.4 Å². The van der Waals surface area contributed by atoms with Crippen molar-refractivity contribution in [1.82, 2.24) is 14.6 Å². The Bertz CT molecular complexity index is 1240. The molecule has 0 fully saturated rings. The number of hydrogen-bond acceptors (Lipinski definition) is 4. The van der Waals surface area contributed by atoms with E-state index in [0.717, 1.165) is 22.0 Å². The first-order valence-corrected chi connectivity index (χ1v) is 8.13. The monoisotopic (exact) mass is 368 g/mol. The molecule has 0 bridgehead atoms. The third kappa shape index (κ3) is 2.41. The average Bonchev–Trinajstić information content (AvgIpc) is 2.98. The number of fused-ring (bicyclic) bond motifs is 2. The van der Waals surface area contributed by atoms with Gasteiger partial charge in [0.25, 0.3) is 0 Å². The molecule has 0 atom stereocenters. The van der Waals surface area contributed by atoms with Crippen LogP contribution in [-0.2, 0) is 0 Å². The van der Waals surface area contributed by atoms with Gasteiger partial charge in [0.1, 0.15) is 10.8 Å². The molecular weight excluding hydrogens is 356 g/mol. The first-order valence-electron chi connectivity index (χ1n) is 7.75. The normalized spacial score (nSPS) is 11.2. The van der Waals surface area contributed by atoms with Gasteiger partial charge in [0.2, 0.25) is 5.56 Å². The van der Waals surface area contributed by atoms with Crippen molar-refractivity contribution in [2.45, 2.75) is 0 Å². The summed E-state index contributed by atoms with van der Waals surface area (Å²) < 4.78 is 1.48. The molecule has 26 heavy (non-hydrogen) atoms. The Morgan fingerprint density at radius 3 is 2.77 bits per heavy atom. The van der Waals surface area contributed by atoms with E-state index in [2.05, 4.69) is 15.4 Å². The molecule has 0 aliphatic heterocycles. The molecule has 3 N–H and O–H groups in total. The minimum Gasteiger partial charge on any atom is -0.476 e. The number of benzene rings is 1. The zero-order chi connectivity index (χ0) is 18.4. The highest BCUT2D eigenvalue weighted by Crippen LogP contribution is 2.35. The summed E-state index contributed by atoms with van der Waals surface area (Å²) in [5.74, 6) is -0.578. The molecule has 3 heterocycles. The minimum absolute atomic E-state index is 0.0752. The fourth-order valence-corrected chi connectivity index (χ4v) is 3.30. The third-order valence-electron chi connectivity index (χ3n) is 4.21. The van der Waals surface area contributed by atoms with Gasteiger partial charge in [0.05, 0.1) is 5.52 Å². The van der Waals surface area contributed by atoms with Crippen LogP contribution in [0.1, 0.15) is 10.5 Å². The number of anilines is 1. The predicted molar refractivity (Wildman–Crippen MR) is 100 cm³/mol. The Kier molecular flexibility index (Phi) is 3.66. The zero-order valence-corrected chi connectivity index (χ0v) is 14.3. The molecule has 0 radical (unpaired) electrons. The largest absolute Gasteiger partial charge is 0.476 e. The van der Waals surface area contributed by atoms with Gasteiger partial charge >= 0.3 is 5.97 Å². The van der Waals surface area contributed by atoms with Gasteiger partial charge in [-0.3, -0.25) is 4.79 Å². The van der Waals surface area contributed by atoms with E-state index in [1.807, 2.05) is 18.2 Å². The van der Waals surface area contributed by atoms with Crippen LogP contribution in [0.4, 0.5) is 5.82 Å². The summed E-state index contributed by atoms with van der Waals surface area (Å²) in [6, 6.07) is 12.4. The number of halogens is 1. The molecule has 0 spiro atoms. The van der Waals surface area contributed by atoms with Crippen molar-refractivity contribution in [1.29, 1.82) is 0 Å². The lowest BCUT2D eigenvalue weighted by Crippen LogP contribution is -2.03. The Morgan fingerprint density at radius 2 is 2.04 bits per heavy atom. The lowest BCUT2D eigenvalue weighted by Gasteiger charge is -2.10. The van der Waals surface area contributed by atoms with Crippen molar-refractivity contribution < 1.29 is 9.90 Å². The molecule has 0 saturated carbocycles. The lowest BCUT2D eigenvalue weighted by atomic mass is 10.0. The maximum atomic E-state index is 11.4. The highest BCUT2D eigenvalue weighted by Gasteiger charge is 2.21. The molecule has 0 aliphatic rings. The summed E-state index contributed by atoms with van der Waals surface area (Å²) in [5.41, 5.74) is 2.41. The van der Waals surface area contributed by atoms with Gasteiger partial charge < -0.3 is 15.4 Å². The highest BCUT2D eigenvalue weighted by molar-refractivity contribution is 6.37. The second-order valence-electron chi connectivity index (χ2n) is 5.74. The van der Waals surface area contributed by atoms with Crippen molar-refractivity contribution in [3.05, 3.63) is 63.5 Å². The van der Waals surface area contributed by atoms with Crippen LogP contribution < -0.4 is 10.9 Å². The number of carboxylic acids is 1. The number of carbonyl (C=O) groups is 1. The van der Waals surface area contributed by atoms with E-state index in [0.29, 0.717) is 11.3 Å². The van der Waals surface area contributed by atoms with Gasteiger partial charge in [-0.25, -0.2) is 9.31 Å². The van der Waals surface area contributed by atoms with Crippen LogP contribution in [0.2, 0.25) is 5.02 Å². The number of rotatable bonds is 3. The van der Waals surface area contributed by atoms with E-state index >= 15 is 0 Å². The number of pyridine rings is 2. The maximum absolute atomic E-state index is 11.4. The third-order valence-corrected chi connectivity index (χ3v) is 4.57. The zero-order valence-electron chi connectivity index (χ0n) is 13.6. The van der Waals surface area contributed by atoms with E-state index in [1.165, 1.54) is 10.6 Å². The van der Waals surface area contributed by atoms with Crippen LogP contribution in [0.3, 0.4) is 0 Å². The van der Waals surface area contributed by atoms with Gasteiger partial charge in [-0.2, -0.15) is 5.10 Å². The fourth-order valence-electron chi connectivity index (χ4n) is 3.00. The van der Waals surface area contributed by atoms with Crippen LogP contribution in [0.15, 0.2) is 47.3 Å². The van der Waals surface area contributed by atoms with Crippen LogP contribution in [0.25, 0.3) is 27.5 Å². The van der Waals surface area contributed by atoms with Gasteiger partial charge in [0.15, 0.2) is 5.69 Å². The van der Waals surface area contributed by atoms with Gasteiger partial charge in [0, 0.05) is 24.2 Å². The van der Waals surface area contributed by atoms with Gasteiger partial charge in [-0.05, 0) is 41.3 Å². The van der Waals surface area contributed by atoms with Crippen molar-refractivity contribution in [3.63, 3.8) is 0 Å². The van der Waals surface area contributed by atoms with Crippen molar-refractivity contribution >= 4 is 39.8 Å². The molecule has 1 aromatic carbocycles. The van der Waals surface area contributed by atoms with E-state index in [-0.39, 0.29) is 16.3 Å². The Labute approximate surface area is 151 Å². The van der Waals surface area contributed by atoms with Crippen molar-refractivity contribution in [2.24, 2.45) is 0 Å². The summed E-state index contributed by atoms with van der Waals surface area (Å²) in [5, 5.41) is 17.4. The summed E-state index contributed by atoms with van der Waals surface area (Å²) in [6.07, 6.45) is 0. The van der Waals surface area contributed by atoms with Crippen LogP contribution >= 0.6 is 11.6 Å². The van der Waals surface area contributed by atoms with Gasteiger partial charge in [-0.15, -0.1) is 0 Å². The topological polar surface area (TPSA) is 99.5 Å². The van der Waals surface area contributed by atoms with E-state index in [1.54, 1.807) is 25.2 Å². The standard InChI is InChI=1S/C18H13ClN4O3/c1-20-13-6-4-11(17-15(19)16(18(25)26)22-23(13)17)9-2-5-12-10(8-9)3-7-14(24)21-12/h2-8,20H,1H3,(H,21,24)(H,25,26). The molecular formula is C18H13ClN4O3. The predicted octanol–water partition coefficient (Wildman–Crippen LogP) is 3.24. The number of hydrogen-bond donors (Lipinski definition) is 3. The van der Waals surface area contributed by atoms with Crippen LogP contribution in [0.5, 0.6) is 0 Å². The quantitative estimate of drug-likeness (QED) is 0.515. The number of nitrogens with one attached hydrogen (secondary N) is 2. The first-order chi connectivity index (χ1) is 12.5. The highest BCUT2D eigenvalue weighted by atomic mass is 35.5. The number of aromatic amines is 1. The number of aromatic nitrogens is 3. The Balaban J connectivity index is 2.04. The van der Waals surface area contributed by atoms with Gasteiger partial charge in [-0.1, -0.05) is 17.7 Å². The molecule has 0 amide bonds. The Hall–Kier alpha value is -3.32. The smallest absolute Gasteiger partial charge is 0.358 e. The van der Waals surface area contributed by atoms with Crippen LogP contribution in [-0.4, -0.2) is 32.7 Å². The molecule has 0 saturated heterocycles. The van der Waals surface area contributed by atoms with E-state index in [9.17, 15) is 14.7 Å². The molecule has 130 valence electrons. The molecule has 8 heteroatoms. The summed E-state index contributed by atoms with van der Waals surface area (Å²) >= 11 is 6.34. The Morgan fingerprint density at radius 1 is 1.23 bits per heavy atom. The number of carboxylic acid groups (broad SMARTS) is 1. The number of H-pyrrole nitrogens is 1. The molecule has 4 aromatic rings. The molecule has 4 rings (SSSR count). The second-order valence-corrected chi connectivity index (χ2v) is 6.11. The maximum Gasteiger partial charge on any atom is 0.358 e.